The molecule has 2 nitrogen and oxygen atoms in total. The van der Waals surface area contributed by atoms with Gasteiger partial charge in [0.25, 0.3) is 0 Å². The van der Waals surface area contributed by atoms with E-state index in [1.165, 1.54) is 6.07 Å². The minimum Gasteiger partial charge on any atom is -0.343 e. The largest absolute Gasteiger partial charge is 0.343 e. The van der Waals surface area contributed by atoms with Crippen molar-refractivity contribution in [2.75, 3.05) is 13.1 Å². The number of likely N-dealkylation sites (tertiary alicyclic amines) is 1. The van der Waals surface area contributed by atoms with Crippen LogP contribution < -0.4 is 0 Å². The molecule has 1 aromatic carbocycles. The molecule has 0 spiro atoms. The average molecular weight is 270 g/mol. The first-order chi connectivity index (χ1) is 8.61. The molecule has 1 aliphatic heterocycles. The number of amides is 1. The lowest BCUT2D eigenvalue weighted by atomic mass is 9.89. The maximum atomic E-state index is 13.4. The number of piperidine rings is 1. The molecular formula is C14H17ClFNO. The van der Waals surface area contributed by atoms with Gasteiger partial charge in [0.1, 0.15) is 5.82 Å². The number of rotatable bonds is 2. The highest BCUT2D eigenvalue weighted by Crippen LogP contribution is 2.30. The third-order valence-electron chi connectivity index (χ3n) is 3.57. The van der Waals surface area contributed by atoms with Crippen molar-refractivity contribution in [3.8, 4) is 0 Å². The van der Waals surface area contributed by atoms with E-state index in [9.17, 15) is 9.18 Å². The summed E-state index contributed by atoms with van der Waals surface area (Å²) in [6.07, 6.45) is 2.35. The number of hydrogen-bond acceptors (Lipinski definition) is 1. The number of benzene rings is 1. The van der Waals surface area contributed by atoms with E-state index in [1.807, 2.05) is 17.9 Å². The lowest BCUT2D eigenvalue weighted by molar-refractivity contribution is -0.131. The minimum atomic E-state index is -0.360. The van der Waals surface area contributed by atoms with Crippen LogP contribution in [0, 0.1) is 5.82 Å². The van der Waals surface area contributed by atoms with E-state index in [-0.39, 0.29) is 16.7 Å². The Morgan fingerprint density at radius 3 is 2.67 bits per heavy atom. The molecular weight excluding hydrogens is 253 g/mol. The van der Waals surface area contributed by atoms with Gasteiger partial charge in [-0.1, -0.05) is 24.6 Å². The van der Waals surface area contributed by atoms with Gasteiger partial charge < -0.3 is 4.90 Å². The Morgan fingerprint density at radius 1 is 1.44 bits per heavy atom. The fraction of sp³-hybridized carbons (Fsp3) is 0.500. The van der Waals surface area contributed by atoms with E-state index >= 15 is 0 Å². The highest BCUT2D eigenvalue weighted by atomic mass is 35.5. The fourth-order valence-corrected chi connectivity index (χ4v) is 2.57. The molecule has 0 atom stereocenters. The van der Waals surface area contributed by atoms with Crippen LogP contribution in [0.5, 0.6) is 0 Å². The van der Waals surface area contributed by atoms with Gasteiger partial charge in [0.05, 0.1) is 5.02 Å². The molecule has 1 aliphatic rings. The zero-order valence-electron chi connectivity index (χ0n) is 10.5. The maximum Gasteiger partial charge on any atom is 0.222 e. The summed E-state index contributed by atoms with van der Waals surface area (Å²) in [6.45, 7) is 3.41. The van der Waals surface area contributed by atoms with Gasteiger partial charge in [-0.3, -0.25) is 4.79 Å². The van der Waals surface area contributed by atoms with Gasteiger partial charge in [0.15, 0.2) is 0 Å². The number of hydrogen-bond donors (Lipinski definition) is 0. The SMILES string of the molecule is CCC(=O)N1CCC(c2ccc(Cl)c(F)c2)CC1. The van der Waals surface area contributed by atoms with Crippen molar-refractivity contribution in [1.29, 1.82) is 0 Å². The van der Waals surface area contributed by atoms with E-state index in [0.29, 0.717) is 12.3 Å². The Morgan fingerprint density at radius 2 is 2.11 bits per heavy atom. The summed E-state index contributed by atoms with van der Waals surface area (Å²) in [5, 5.41) is 0.164. The van der Waals surface area contributed by atoms with Crippen molar-refractivity contribution in [2.24, 2.45) is 0 Å². The summed E-state index contributed by atoms with van der Waals surface area (Å²) in [5.41, 5.74) is 0.987. The molecule has 0 bridgehead atoms. The summed E-state index contributed by atoms with van der Waals surface area (Å²) >= 11 is 5.68. The Hall–Kier alpha value is -1.09. The van der Waals surface area contributed by atoms with Gasteiger partial charge in [0, 0.05) is 19.5 Å². The predicted octanol–water partition coefficient (Wildman–Crippen LogP) is 3.60. The highest BCUT2D eigenvalue weighted by Gasteiger charge is 2.23. The van der Waals surface area contributed by atoms with E-state index in [4.69, 9.17) is 11.6 Å². The average Bonchev–Trinajstić information content (AvgIpc) is 2.41. The van der Waals surface area contributed by atoms with Crippen LogP contribution in [0.2, 0.25) is 5.02 Å². The molecule has 0 saturated carbocycles. The first-order valence-corrected chi connectivity index (χ1v) is 6.72. The second-order valence-electron chi connectivity index (χ2n) is 4.68. The lowest BCUT2D eigenvalue weighted by Crippen LogP contribution is -2.37. The third-order valence-corrected chi connectivity index (χ3v) is 3.87. The van der Waals surface area contributed by atoms with Crippen LogP contribution >= 0.6 is 11.6 Å². The van der Waals surface area contributed by atoms with Gasteiger partial charge >= 0.3 is 0 Å². The summed E-state index contributed by atoms with van der Waals surface area (Å²) in [4.78, 5) is 13.4. The molecule has 0 aromatic heterocycles. The first kappa shape index (κ1) is 13.3. The van der Waals surface area contributed by atoms with Gasteiger partial charge in [0.2, 0.25) is 5.91 Å². The van der Waals surface area contributed by atoms with Crippen molar-refractivity contribution in [2.45, 2.75) is 32.1 Å². The zero-order valence-corrected chi connectivity index (χ0v) is 11.2. The van der Waals surface area contributed by atoms with Crippen molar-refractivity contribution in [3.05, 3.63) is 34.6 Å². The molecule has 1 amide bonds. The fourth-order valence-electron chi connectivity index (χ4n) is 2.45. The standard InChI is InChI=1S/C14H17ClFNO/c1-2-14(18)17-7-5-10(6-8-17)11-3-4-12(15)13(16)9-11/h3-4,9-10H,2,5-8H2,1H3. The molecule has 18 heavy (non-hydrogen) atoms. The van der Waals surface area contributed by atoms with Gasteiger partial charge in [-0.05, 0) is 36.5 Å². The molecule has 1 saturated heterocycles. The Labute approximate surface area is 112 Å². The van der Waals surface area contributed by atoms with Crippen molar-refractivity contribution >= 4 is 17.5 Å². The van der Waals surface area contributed by atoms with Crippen LogP contribution in [0.25, 0.3) is 0 Å². The smallest absolute Gasteiger partial charge is 0.222 e. The quantitative estimate of drug-likeness (QED) is 0.803. The summed E-state index contributed by atoms with van der Waals surface area (Å²) < 4.78 is 13.4. The van der Waals surface area contributed by atoms with Crippen LogP contribution in [0.4, 0.5) is 4.39 Å². The number of nitrogens with zero attached hydrogens (tertiary/aromatic N) is 1. The second kappa shape index (κ2) is 5.70. The summed E-state index contributed by atoms with van der Waals surface area (Å²) in [6, 6.07) is 5.01. The first-order valence-electron chi connectivity index (χ1n) is 6.34. The Bertz CT molecular complexity index is 441. The Kier molecular flexibility index (Phi) is 4.23. The number of carbonyl (C=O) groups excluding carboxylic acids is 1. The molecule has 0 radical (unpaired) electrons. The molecule has 1 heterocycles. The summed E-state index contributed by atoms with van der Waals surface area (Å²) in [5.74, 6) is 0.176. The lowest BCUT2D eigenvalue weighted by Gasteiger charge is -2.32. The van der Waals surface area contributed by atoms with Crippen LogP contribution in [-0.4, -0.2) is 23.9 Å². The minimum absolute atomic E-state index is 0.164. The van der Waals surface area contributed by atoms with E-state index in [0.717, 1.165) is 31.5 Å². The van der Waals surface area contributed by atoms with Crippen molar-refractivity contribution in [1.82, 2.24) is 4.90 Å². The summed E-state index contributed by atoms with van der Waals surface area (Å²) in [7, 11) is 0. The van der Waals surface area contributed by atoms with Crippen molar-refractivity contribution < 1.29 is 9.18 Å². The molecule has 2 rings (SSSR count). The molecule has 1 fully saturated rings. The molecule has 1 aromatic rings. The number of halogens is 2. The van der Waals surface area contributed by atoms with Crippen LogP contribution in [0.15, 0.2) is 18.2 Å². The molecule has 4 heteroatoms. The number of carbonyl (C=O) groups is 1. The normalized spacial score (nSPS) is 16.9. The maximum absolute atomic E-state index is 13.4. The van der Waals surface area contributed by atoms with E-state index in [1.54, 1.807) is 6.07 Å². The van der Waals surface area contributed by atoms with E-state index in [2.05, 4.69) is 0 Å². The second-order valence-corrected chi connectivity index (χ2v) is 5.09. The Balaban J connectivity index is 2.01. The van der Waals surface area contributed by atoms with Crippen LogP contribution in [0.1, 0.15) is 37.7 Å². The molecule has 0 unspecified atom stereocenters. The van der Waals surface area contributed by atoms with Crippen LogP contribution in [-0.2, 0) is 4.79 Å². The van der Waals surface area contributed by atoms with E-state index < -0.39 is 0 Å². The topological polar surface area (TPSA) is 20.3 Å². The molecule has 0 N–H and O–H groups in total. The third kappa shape index (κ3) is 2.83. The van der Waals surface area contributed by atoms with Gasteiger partial charge in [-0.25, -0.2) is 4.39 Å². The van der Waals surface area contributed by atoms with Crippen LogP contribution in [0.3, 0.4) is 0 Å². The van der Waals surface area contributed by atoms with Gasteiger partial charge in [-0.2, -0.15) is 0 Å². The molecule has 0 aliphatic carbocycles. The van der Waals surface area contributed by atoms with Gasteiger partial charge in [-0.15, -0.1) is 0 Å². The zero-order chi connectivity index (χ0) is 13.1. The predicted molar refractivity (Wildman–Crippen MR) is 70.3 cm³/mol. The highest BCUT2D eigenvalue weighted by molar-refractivity contribution is 6.30. The van der Waals surface area contributed by atoms with Crippen molar-refractivity contribution in [3.63, 3.8) is 0 Å². The monoisotopic (exact) mass is 269 g/mol. The molecule has 98 valence electrons.